The third kappa shape index (κ3) is 4.94. The van der Waals surface area contributed by atoms with Gasteiger partial charge in [0.2, 0.25) is 11.8 Å². The van der Waals surface area contributed by atoms with Gasteiger partial charge in [-0.15, -0.1) is 0 Å². The molecule has 1 amide bonds. The molecule has 6 nitrogen and oxygen atoms in total. The minimum atomic E-state index is -0.0535. The third-order valence-corrected chi connectivity index (χ3v) is 5.28. The summed E-state index contributed by atoms with van der Waals surface area (Å²) in [7, 11) is 1.57. The molecule has 2 heterocycles. The highest BCUT2D eigenvalue weighted by molar-refractivity contribution is 6.30. The van der Waals surface area contributed by atoms with Gasteiger partial charge in [0, 0.05) is 42.6 Å². The van der Waals surface area contributed by atoms with E-state index < -0.39 is 0 Å². The first-order valence-electron chi connectivity index (χ1n) is 9.57. The molecule has 1 aliphatic rings. The standard InChI is InChI=1S/C21H27ClN4O2/c1-4-16-12-19(21(28-3)23-15(16)2)24-20(27)14-25-8-10-26(11-9-25)18-7-5-6-17(22)13-18/h5-7,12-13H,4,8-11,14H2,1-3H3,(H,24,27). The van der Waals surface area contributed by atoms with E-state index in [0.29, 0.717) is 18.1 Å². The molecule has 0 radical (unpaired) electrons. The van der Waals surface area contributed by atoms with Gasteiger partial charge in [0.05, 0.1) is 13.7 Å². The van der Waals surface area contributed by atoms with Gasteiger partial charge in [-0.3, -0.25) is 9.69 Å². The summed E-state index contributed by atoms with van der Waals surface area (Å²) < 4.78 is 5.33. The zero-order valence-corrected chi connectivity index (χ0v) is 17.4. The van der Waals surface area contributed by atoms with E-state index in [0.717, 1.165) is 54.6 Å². The first kappa shape index (κ1) is 20.4. The summed E-state index contributed by atoms with van der Waals surface area (Å²) in [5.41, 5.74) is 3.78. The SMILES string of the molecule is CCc1cc(NC(=O)CN2CCN(c3cccc(Cl)c3)CC2)c(OC)nc1C. The first-order valence-corrected chi connectivity index (χ1v) is 9.95. The number of carbonyl (C=O) groups is 1. The molecule has 0 spiro atoms. The van der Waals surface area contributed by atoms with Crippen LogP contribution in [0.2, 0.25) is 5.02 Å². The van der Waals surface area contributed by atoms with Crippen molar-refractivity contribution in [2.45, 2.75) is 20.3 Å². The second-order valence-electron chi connectivity index (χ2n) is 6.93. The zero-order chi connectivity index (χ0) is 20.1. The molecule has 28 heavy (non-hydrogen) atoms. The number of aryl methyl sites for hydroxylation is 2. The Morgan fingerprint density at radius 3 is 2.64 bits per heavy atom. The molecule has 7 heteroatoms. The Hall–Kier alpha value is -2.31. The highest BCUT2D eigenvalue weighted by Crippen LogP contribution is 2.25. The molecule has 150 valence electrons. The summed E-state index contributed by atoms with van der Waals surface area (Å²) >= 11 is 6.09. The van der Waals surface area contributed by atoms with E-state index in [-0.39, 0.29) is 5.91 Å². The lowest BCUT2D eigenvalue weighted by molar-refractivity contribution is -0.117. The van der Waals surface area contributed by atoms with Crippen LogP contribution < -0.4 is 15.0 Å². The molecule has 1 saturated heterocycles. The Balaban J connectivity index is 1.56. The number of halogens is 1. The van der Waals surface area contributed by atoms with E-state index in [1.807, 2.05) is 31.2 Å². The maximum atomic E-state index is 12.6. The number of carbonyl (C=O) groups excluding carboxylic acids is 1. The van der Waals surface area contributed by atoms with E-state index >= 15 is 0 Å². The maximum absolute atomic E-state index is 12.6. The predicted octanol–water partition coefficient (Wildman–Crippen LogP) is 3.38. The molecule has 1 aromatic carbocycles. The van der Waals surface area contributed by atoms with Crippen LogP contribution in [0.1, 0.15) is 18.2 Å². The van der Waals surface area contributed by atoms with Gasteiger partial charge in [0.15, 0.2) is 0 Å². The molecule has 0 aliphatic carbocycles. The summed E-state index contributed by atoms with van der Waals surface area (Å²) in [5, 5.41) is 3.70. The Morgan fingerprint density at radius 1 is 1.25 bits per heavy atom. The van der Waals surface area contributed by atoms with Crippen molar-refractivity contribution in [1.29, 1.82) is 0 Å². The number of ether oxygens (including phenoxy) is 1. The molecular weight excluding hydrogens is 376 g/mol. The average molecular weight is 403 g/mol. The highest BCUT2D eigenvalue weighted by Gasteiger charge is 2.20. The minimum absolute atomic E-state index is 0.0535. The number of anilines is 2. The molecule has 1 N–H and O–H groups in total. The van der Waals surface area contributed by atoms with Crippen molar-refractivity contribution >= 4 is 28.9 Å². The second kappa shape index (κ2) is 9.26. The van der Waals surface area contributed by atoms with Crippen LogP contribution in [0.3, 0.4) is 0 Å². The molecule has 1 aromatic heterocycles. The van der Waals surface area contributed by atoms with Gasteiger partial charge in [-0.05, 0) is 43.2 Å². The van der Waals surface area contributed by atoms with Crippen LogP contribution in [0.5, 0.6) is 5.88 Å². The van der Waals surface area contributed by atoms with Crippen LogP contribution in [0.15, 0.2) is 30.3 Å². The molecule has 1 fully saturated rings. The fourth-order valence-electron chi connectivity index (χ4n) is 3.46. The average Bonchev–Trinajstić information content (AvgIpc) is 2.69. The molecule has 2 aromatic rings. The lowest BCUT2D eigenvalue weighted by Gasteiger charge is -2.35. The van der Waals surface area contributed by atoms with Crippen LogP contribution in [0.25, 0.3) is 0 Å². The van der Waals surface area contributed by atoms with Gasteiger partial charge in [-0.25, -0.2) is 4.98 Å². The summed E-state index contributed by atoms with van der Waals surface area (Å²) in [4.78, 5) is 21.5. The Kier molecular flexibility index (Phi) is 6.75. The van der Waals surface area contributed by atoms with Crippen molar-refractivity contribution in [3.05, 3.63) is 46.6 Å². The lowest BCUT2D eigenvalue weighted by atomic mass is 10.1. The molecule has 3 rings (SSSR count). The van der Waals surface area contributed by atoms with E-state index in [4.69, 9.17) is 16.3 Å². The fourth-order valence-corrected chi connectivity index (χ4v) is 3.64. The molecule has 0 unspecified atom stereocenters. The van der Waals surface area contributed by atoms with Gasteiger partial charge in [-0.2, -0.15) is 0 Å². The van der Waals surface area contributed by atoms with E-state index in [1.54, 1.807) is 7.11 Å². The van der Waals surface area contributed by atoms with Crippen molar-refractivity contribution in [1.82, 2.24) is 9.88 Å². The number of aromatic nitrogens is 1. The zero-order valence-electron chi connectivity index (χ0n) is 16.7. The number of pyridine rings is 1. The summed E-state index contributed by atoms with van der Waals surface area (Å²) in [5.74, 6) is 0.399. The summed E-state index contributed by atoms with van der Waals surface area (Å²) in [6.45, 7) is 7.74. The highest BCUT2D eigenvalue weighted by atomic mass is 35.5. The van der Waals surface area contributed by atoms with Crippen LogP contribution in [-0.2, 0) is 11.2 Å². The van der Waals surface area contributed by atoms with Crippen LogP contribution in [-0.4, -0.2) is 55.6 Å². The third-order valence-electron chi connectivity index (χ3n) is 5.04. The first-order chi connectivity index (χ1) is 13.5. The van der Waals surface area contributed by atoms with Gasteiger partial charge in [0.25, 0.3) is 0 Å². The second-order valence-corrected chi connectivity index (χ2v) is 7.37. The molecule has 1 aliphatic heterocycles. The lowest BCUT2D eigenvalue weighted by Crippen LogP contribution is -2.48. The quantitative estimate of drug-likeness (QED) is 0.802. The Labute approximate surface area is 171 Å². The monoisotopic (exact) mass is 402 g/mol. The number of benzene rings is 1. The van der Waals surface area contributed by atoms with Gasteiger partial charge >= 0.3 is 0 Å². The number of nitrogens with zero attached hydrogens (tertiary/aromatic N) is 3. The number of rotatable bonds is 6. The summed E-state index contributed by atoms with van der Waals surface area (Å²) in [6, 6.07) is 9.84. The summed E-state index contributed by atoms with van der Waals surface area (Å²) in [6.07, 6.45) is 0.858. The molecule has 0 bridgehead atoms. The number of hydrogen-bond donors (Lipinski definition) is 1. The van der Waals surface area contributed by atoms with E-state index in [9.17, 15) is 4.79 Å². The Bertz CT molecular complexity index is 835. The number of piperazine rings is 1. The normalized spacial score (nSPS) is 14.8. The number of methoxy groups -OCH3 is 1. The van der Waals surface area contributed by atoms with E-state index in [2.05, 4.69) is 33.1 Å². The Morgan fingerprint density at radius 2 is 2.00 bits per heavy atom. The number of nitrogens with one attached hydrogen (secondary N) is 1. The van der Waals surface area contributed by atoms with E-state index in [1.165, 1.54) is 0 Å². The van der Waals surface area contributed by atoms with Crippen molar-refractivity contribution in [2.75, 3.05) is 50.1 Å². The number of amides is 1. The minimum Gasteiger partial charge on any atom is -0.480 e. The maximum Gasteiger partial charge on any atom is 0.238 e. The smallest absolute Gasteiger partial charge is 0.238 e. The number of hydrogen-bond acceptors (Lipinski definition) is 5. The fraction of sp³-hybridized carbons (Fsp3) is 0.429. The molecular formula is C21H27ClN4O2. The van der Waals surface area contributed by atoms with Gasteiger partial charge in [-0.1, -0.05) is 24.6 Å². The van der Waals surface area contributed by atoms with Gasteiger partial charge < -0.3 is 15.0 Å². The van der Waals surface area contributed by atoms with Crippen molar-refractivity contribution in [2.24, 2.45) is 0 Å². The van der Waals surface area contributed by atoms with Gasteiger partial charge in [0.1, 0.15) is 5.69 Å². The van der Waals surface area contributed by atoms with Crippen LogP contribution in [0, 0.1) is 6.92 Å². The van der Waals surface area contributed by atoms with Crippen molar-refractivity contribution in [3.63, 3.8) is 0 Å². The van der Waals surface area contributed by atoms with Crippen molar-refractivity contribution in [3.8, 4) is 5.88 Å². The topological polar surface area (TPSA) is 57.7 Å². The largest absolute Gasteiger partial charge is 0.480 e. The molecule has 0 atom stereocenters. The van der Waals surface area contributed by atoms with Crippen LogP contribution >= 0.6 is 11.6 Å². The molecule has 0 saturated carbocycles. The van der Waals surface area contributed by atoms with Crippen molar-refractivity contribution < 1.29 is 9.53 Å². The van der Waals surface area contributed by atoms with Crippen LogP contribution in [0.4, 0.5) is 11.4 Å². The predicted molar refractivity (Wildman–Crippen MR) is 114 cm³/mol.